The SMILES string of the molecule is O=C(Nc1ccc(F)cc1Cl)C1CCCN(S(=O)(=O)c2ccccc2)C1. The van der Waals surface area contributed by atoms with Gasteiger partial charge in [-0.3, -0.25) is 4.79 Å². The number of benzene rings is 2. The molecule has 3 rings (SSSR count). The van der Waals surface area contributed by atoms with Crippen molar-refractivity contribution in [3.05, 3.63) is 59.4 Å². The van der Waals surface area contributed by atoms with Gasteiger partial charge in [0.1, 0.15) is 5.82 Å². The second-order valence-corrected chi connectivity index (χ2v) is 8.47. The van der Waals surface area contributed by atoms with Crippen LogP contribution < -0.4 is 5.32 Å². The van der Waals surface area contributed by atoms with Crippen molar-refractivity contribution in [2.45, 2.75) is 17.7 Å². The normalized spacial score (nSPS) is 18.5. The number of carbonyl (C=O) groups is 1. The Morgan fingerprint density at radius 1 is 1.19 bits per heavy atom. The molecule has 0 aromatic heterocycles. The third kappa shape index (κ3) is 4.06. The Kier molecular flexibility index (Phi) is 5.60. The van der Waals surface area contributed by atoms with E-state index >= 15 is 0 Å². The van der Waals surface area contributed by atoms with Crippen molar-refractivity contribution < 1.29 is 17.6 Å². The number of amides is 1. The molecule has 2 aromatic carbocycles. The minimum absolute atomic E-state index is 0.0991. The highest BCUT2D eigenvalue weighted by Gasteiger charge is 2.33. The van der Waals surface area contributed by atoms with E-state index in [9.17, 15) is 17.6 Å². The maximum absolute atomic E-state index is 13.1. The van der Waals surface area contributed by atoms with Crippen molar-refractivity contribution in [3.63, 3.8) is 0 Å². The molecule has 0 spiro atoms. The highest BCUT2D eigenvalue weighted by atomic mass is 35.5. The predicted molar refractivity (Wildman–Crippen MR) is 98.0 cm³/mol. The number of piperidine rings is 1. The van der Waals surface area contributed by atoms with E-state index < -0.39 is 21.8 Å². The molecule has 0 bridgehead atoms. The molecule has 5 nitrogen and oxygen atoms in total. The third-order valence-corrected chi connectivity index (χ3v) is 6.52. The van der Waals surface area contributed by atoms with E-state index in [-0.39, 0.29) is 22.4 Å². The van der Waals surface area contributed by atoms with Crippen molar-refractivity contribution in [2.24, 2.45) is 5.92 Å². The standard InChI is InChI=1S/C18H18ClFN2O3S/c19-16-11-14(20)8-9-17(16)21-18(23)13-5-4-10-22(12-13)26(24,25)15-6-2-1-3-7-15/h1-3,6-9,11,13H,4-5,10,12H2,(H,21,23). The van der Waals surface area contributed by atoms with Gasteiger partial charge in [0.15, 0.2) is 0 Å². The van der Waals surface area contributed by atoms with Crippen molar-refractivity contribution in [1.82, 2.24) is 4.31 Å². The number of rotatable bonds is 4. The van der Waals surface area contributed by atoms with Gasteiger partial charge < -0.3 is 5.32 Å². The van der Waals surface area contributed by atoms with Crippen LogP contribution in [0.25, 0.3) is 0 Å². The topological polar surface area (TPSA) is 66.5 Å². The molecule has 1 aliphatic rings. The van der Waals surface area contributed by atoms with Crippen LogP contribution in [-0.4, -0.2) is 31.7 Å². The third-order valence-electron chi connectivity index (χ3n) is 4.32. The van der Waals surface area contributed by atoms with E-state index in [1.54, 1.807) is 18.2 Å². The summed E-state index contributed by atoms with van der Waals surface area (Å²) in [4.78, 5) is 12.7. The highest BCUT2D eigenvalue weighted by molar-refractivity contribution is 7.89. The molecule has 1 amide bonds. The lowest BCUT2D eigenvalue weighted by Gasteiger charge is -2.31. The quantitative estimate of drug-likeness (QED) is 0.859. The van der Waals surface area contributed by atoms with Gasteiger partial charge in [-0.25, -0.2) is 12.8 Å². The lowest BCUT2D eigenvalue weighted by molar-refractivity contribution is -0.120. The van der Waals surface area contributed by atoms with E-state index in [2.05, 4.69) is 5.32 Å². The number of anilines is 1. The molecule has 1 aliphatic heterocycles. The smallest absolute Gasteiger partial charge is 0.243 e. The molecular weight excluding hydrogens is 379 g/mol. The molecule has 0 radical (unpaired) electrons. The first-order valence-corrected chi connectivity index (χ1v) is 10.0. The van der Waals surface area contributed by atoms with Crippen LogP contribution >= 0.6 is 11.6 Å². The average molecular weight is 397 g/mol. The fourth-order valence-corrected chi connectivity index (χ4v) is 4.70. The first kappa shape index (κ1) is 18.8. The minimum Gasteiger partial charge on any atom is -0.324 e. The molecule has 138 valence electrons. The molecular formula is C18H18ClFN2O3S. The van der Waals surface area contributed by atoms with Gasteiger partial charge in [0.2, 0.25) is 15.9 Å². The number of hydrogen-bond acceptors (Lipinski definition) is 3. The van der Waals surface area contributed by atoms with E-state index in [0.29, 0.717) is 25.1 Å². The summed E-state index contributed by atoms with van der Waals surface area (Å²) in [7, 11) is -3.64. The first-order chi connectivity index (χ1) is 12.4. The van der Waals surface area contributed by atoms with Crippen molar-refractivity contribution >= 4 is 33.2 Å². The first-order valence-electron chi connectivity index (χ1n) is 8.19. The maximum Gasteiger partial charge on any atom is 0.243 e. The molecule has 26 heavy (non-hydrogen) atoms. The number of nitrogens with one attached hydrogen (secondary N) is 1. The summed E-state index contributed by atoms with van der Waals surface area (Å²) in [6.45, 7) is 0.472. The van der Waals surface area contributed by atoms with Gasteiger partial charge in [-0.1, -0.05) is 29.8 Å². The summed E-state index contributed by atoms with van der Waals surface area (Å²) in [5.74, 6) is -1.32. The Bertz CT molecular complexity index is 906. The number of hydrogen-bond donors (Lipinski definition) is 1. The fraction of sp³-hybridized carbons (Fsp3) is 0.278. The molecule has 1 atom stereocenters. The van der Waals surface area contributed by atoms with E-state index in [4.69, 9.17) is 11.6 Å². The van der Waals surface area contributed by atoms with Crippen molar-refractivity contribution in [3.8, 4) is 0 Å². The monoisotopic (exact) mass is 396 g/mol. The Hall–Kier alpha value is -1.96. The molecule has 1 fully saturated rings. The summed E-state index contributed by atoms with van der Waals surface area (Å²) in [5, 5.41) is 2.76. The summed E-state index contributed by atoms with van der Waals surface area (Å²) in [6.07, 6.45) is 1.16. The summed E-state index contributed by atoms with van der Waals surface area (Å²) in [6, 6.07) is 11.9. The van der Waals surface area contributed by atoms with Gasteiger partial charge in [-0.05, 0) is 43.2 Å². The van der Waals surface area contributed by atoms with Gasteiger partial charge in [0, 0.05) is 13.1 Å². The van der Waals surface area contributed by atoms with Gasteiger partial charge in [-0.15, -0.1) is 0 Å². The molecule has 8 heteroatoms. The lowest BCUT2D eigenvalue weighted by Crippen LogP contribution is -2.43. The molecule has 1 N–H and O–H groups in total. The number of carbonyl (C=O) groups excluding carboxylic acids is 1. The molecule has 0 aliphatic carbocycles. The van der Waals surface area contributed by atoms with Gasteiger partial charge >= 0.3 is 0 Å². The number of sulfonamides is 1. The summed E-state index contributed by atoms with van der Waals surface area (Å²) >= 11 is 5.93. The number of halogens is 2. The zero-order valence-electron chi connectivity index (χ0n) is 13.9. The van der Waals surface area contributed by atoms with Crippen LogP contribution in [0.1, 0.15) is 12.8 Å². The minimum atomic E-state index is -3.64. The second-order valence-electron chi connectivity index (χ2n) is 6.13. The van der Waals surface area contributed by atoms with Crippen LogP contribution in [-0.2, 0) is 14.8 Å². The van der Waals surface area contributed by atoms with Gasteiger partial charge in [0.25, 0.3) is 0 Å². The van der Waals surface area contributed by atoms with Crippen LogP contribution in [0.2, 0.25) is 5.02 Å². The average Bonchev–Trinajstić information content (AvgIpc) is 2.65. The van der Waals surface area contributed by atoms with Crippen molar-refractivity contribution in [1.29, 1.82) is 0 Å². The Labute approximate surface area is 156 Å². The van der Waals surface area contributed by atoms with E-state index in [1.807, 2.05) is 0 Å². The fourth-order valence-electron chi connectivity index (χ4n) is 2.94. The Balaban J connectivity index is 1.73. The van der Waals surface area contributed by atoms with Gasteiger partial charge in [-0.2, -0.15) is 4.31 Å². The Morgan fingerprint density at radius 3 is 2.62 bits per heavy atom. The Morgan fingerprint density at radius 2 is 1.92 bits per heavy atom. The summed E-state index contributed by atoms with van der Waals surface area (Å²) in [5.41, 5.74) is 0.307. The van der Waals surface area contributed by atoms with Crippen LogP contribution in [0.3, 0.4) is 0 Å². The molecule has 0 saturated carbocycles. The van der Waals surface area contributed by atoms with Crippen LogP contribution in [0.15, 0.2) is 53.4 Å². The molecule has 1 heterocycles. The maximum atomic E-state index is 13.1. The zero-order chi connectivity index (χ0) is 18.7. The predicted octanol–water partition coefficient (Wildman–Crippen LogP) is 3.52. The van der Waals surface area contributed by atoms with E-state index in [1.165, 1.54) is 28.6 Å². The number of nitrogens with zero attached hydrogens (tertiary/aromatic N) is 1. The second kappa shape index (κ2) is 7.73. The largest absolute Gasteiger partial charge is 0.324 e. The molecule has 1 saturated heterocycles. The van der Waals surface area contributed by atoms with Gasteiger partial charge in [0.05, 0.1) is 21.5 Å². The van der Waals surface area contributed by atoms with Crippen molar-refractivity contribution in [2.75, 3.05) is 18.4 Å². The van der Waals surface area contributed by atoms with E-state index in [0.717, 1.165) is 6.07 Å². The summed E-state index contributed by atoms with van der Waals surface area (Å²) < 4.78 is 39.9. The molecule has 2 aromatic rings. The zero-order valence-corrected chi connectivity index (χ0v) is 15.4. The molecule has 1 unspecified atom stereocenters. The van der Waals surface area contributed by atoms with Crippen LogP contribution in [0, 0.1) is 11.7 Å². The van der Waals surface area contributed by atoms with Crippen LogP contribution in [0.4, 0.5) is 10.1 Å². The highest BCUT2D eigenvalue weighted by Crippen LogP contribution is 2.27. The lowest BCUT2D eigenvalue weighted by atomic mass is 9.98. The van der Waals surface area contributed by atoms with Crippen LogP contribution in [0.5, 0.6) is 0 Å².